The number of hydrogen-bond donors (Lipinski definition) is 1. The first-order valence-corrected chi connectivity index (χ1v) is 9.95. The van der Waals surface area contributed by atoms with E-state index in [1.807, 2.05) is 66.4 Å². The van der Waals surface area contributed by atoms with E-state index in [2.05, 4.69) is 16.8 Å². The van der Waals surface area contributed by atoms with Crippen molar-refractivity contribution in [3.63, 3.8) is 0 Å². The standard InChI is InChI=1S/C22H22N2O2S/c1-16-6-4-7-17(12-16)26-18-14-24(15-18)22(25)20-9-2-3-10-21(20)23-13-19-8-5-11-27-19/h2-12,18,23H,13-15H2,1H3. The number of nitrogens with one attached hydrogen (secondary N) is 1. The van der Waals surface area contributed by atoms with E-state index in [4.69, 9.17) is 4.74 Å². The summed E-state index contributed by atoms with van der Waals surface area (Å²) in [6.07, 6.45) is 0.0574. The monoisotopic (exact) mass is 378 g/mol. The molecule has 0 aliphatic carbocycles. The fourth-order valence-electron chi connectivity index (χ4n) is 3.15. The van der Waals surface area contributed by atoms with Gasteiger partial charge in [0, 0.05) is 17.1 Å². The van der Waals surface area contributed by atoms with Gasteiger partial charge in [-0.2, -0.15) is 0 Å². The summed E-state index contributed by atoms with van der Waals surface area (Å²) in [5.74, 6) is 0.915. The molecule has 2 heterocycles. The first-order valence-electron chi connectivity index (χ1n) is 9.07. The van der Waals surface area contributed by atoms with Crippen LogP contribution in [0.2, 0.25) is 0 Å². The lowest BCUT2D eigenvalue weighted by atomic mass is 10.1. The molecule has 0 radical (unpaired) electrons. The summed E-state index contributed by atoms with van der Waals surface area (Å²) >= 11 is 1.71. The molecular formula is C22H22N2O2S. The second-order valence-electron chi connectivity index (χ2n) is 6.75. The molecule has 5 heteroatoms. The van der Waals surface area contributed by atoms with Crippen LogP contribution in [0.15, 0.2) is 66.0 Å². The van der Waals surface area contributed by atoms with E-state index in [0.29, 0.717) is 18.7 Å². The van der Waals surface area contributed by atoms with Crippen LogP contribution in [0.4, 0.5) is 5.69 Å². The maximum Gasteiger partial charge on any atom is 0.256 e. The van der Waals surface area contributed by atoms with Gasteiger partial charge in [-0.05, 0) is 48.2 Å². The molecule has 0 bridgehead atoms. The lowest BCUT2D eigenvalue weighted by Crippen LogP contribution is -2.56. The van der Waals surface area contributed by atoms with Crippen molar-refractivity contribution in [1.29, 1.82) is 0 Å². The van der Waals surface area contributed by atoms with Crippen LogP contribution in [0.1, 0.15) is 20.8 Å². The molecule has 1 saturated heterocycles. The van der Waals surface area contributed by atoms with Gasteiger partial charge in [-0.15, -0.1) is 11.3 Å². The highest BCUT2D eigenvalue weighted by Crippen LogP contribution is 2.24. The zero-order valence-electron chi connectivity index (χ0n) is 15.2. The molecule has 3 aromatic rings. The van der Waals surface area contributed by atoms with Crippen LogP contribution in [0.25, 0.3) is 0 Å². The minimum Gasteiger partial charge on any atom is -0.487 e. The number of para-hydroxylation sites is 1. The molecule has 1 fully saturated rings. The smallest absolute Gasteiger partial charge is 0.256 e. The maximum absolute atomic E-state index is 12.9. The lowest BCUT2D eigenvalue weighted by Gasteiger charge is -2.39. The number of likely N-dealkylation sites (tertiary alicyclic amines) is 1. The molecule has 0 spiro atoms. The molecule has 0 unspecified atom stereocenters. The number of anilines is 1. The van der Waals surface area contributed by atoms with E-state index in [1.165, 1.54) is 10.4 Å². The summed E-state index contributed by atoms with van der Waals surface area (Å²) in [5, 5.41) is 5.45. The van der Waals surface area contributed by atoms with Gasteiger partial charge in [0.2, 0.25) is 0 Å². The van der Waals surface area contributed by atoms with Crippen LogP contribution in [0.3, 0.4) is 0 Å². The first-order chi connectivity index (χ1) is 13.2. The number of thiophene rings is 1. The van der Waals surface area contributed by atoms with Crippen LogP contribution in [0, 0.1) is 6.92 Å². The first kappa shape index (κ1) is 17.6. The van der Waals surface area contributed by atoms with Gasteiger partial charge >= 0.3 is 0 Å². The molecule has 1 amide bonds. The van der Waals surface area contributed by atoms with E-state index < -0.39 is 0 Å². The number of amides is 1. The number of hydrogen-bond acceptors (Lipinski definition) is 4. The molecule has 0 atom stereocenters. The molecule has 1 aliphatic rings. The molecule has 0 saturated carbocycles. The van der Waals surface area contributed by atoms with Crippen LogP contribution in [0.5, 0.6) is 5.75 Å². The van der Waals surface area contributed by atoms with Crippen molar-refractivity contribution in [3.8, 4) is 5.75 Å². The van der Waals surface area contributed by atoms with E-state index in [0.717, 1.165) is 18.0 Å². The Balaban J connectivity index is 1.36. The highest BCUT2D eigenvalue weighted by atomic mass is 32.1. The number of ether oxygens (including phenoxy) is 1. The van der Waals surface area contributed by atoms with E-state index in [-0.39, 0.29) is 12.0 Å². The molecule has 4 rings (SSSR count). The number of aryl methyl sites for hydroxylation is 1. The predicted octanol–water partition coefficient (Wildman–Crippen LogP) is 4.57. The number of rotatable bonds is 6. The third-order valence-corrected chi connectivity index (χ3v) is 5.49. The number of nitrogens with zero attached hydrogens (tertiary/aromatic N) is 1. The second-order valence-corrected chi connectivity index (χ2v) is 7.78. The van der Waals surface area contributed by atoms with Crippen molar-refractivity contribution < 1.29 is 9.53 Å². The van der Waals surface area contributed by atoms with Gasteiger partial charge in [-0.3, -0.25) is 4.79 Å². The maximum atomic E-state index is 12.9. The number of carbonyl (C=O) groups is 1. The van der Waals surface area contributed by atoms with E-state index in [1.54, 1.807) is 11.3 Å². The fourth-order valence-corrected chi connectivity index (χ4v) is 3.79. The molecule has 1 aliphatic heterocycles. The summed E-state index contributed by atoms with van der Waals surface area (Å²) in [5.41, 5.74) is 2.76. The topological polar surface area (TPSA) is 41.6 Å². The molecule has 4 nitrogen and oxygen atoms in total. The Bertz CT molecular complexity index is 918. The van der Waals surface area contributed by atoms with E-state index in [9.17, 15) is 4.79 Å². The molecule has 1 N–H and O–H groups in total. The largest absolute Gasteiger partial charge is 0.487 e. The van der Waals surface area contributed by atoms with Crippen molar-refractivity contribution in [1.82, 2.24) is 4.90 Å². The Morgan fingerprint density at radius 3 is 2.78 bits per heavy atom. The van der Waals surface area contributed by atoms with Crippen LogP contribution in [-0.4, -0.2) is 30.0 Å². The highest BCUT2D eigenvalue weighted by molar-refractivity contribution is 7.09. The third-order valence-electron chi connectivity index (χ3n) is 4.62. The fraction of sp³-hybridized carbons (Fsp3) is 0.227. The number of benzene rings is 2. The normalized spacial score (nSPS) is 13.9. The van der Waals surface area contributed by atoms with Gasteiger partial charge in [-0.1, -0.05) is 30.3 Å². The average Bonchev–Trinajstić information content (AvgIpc) is 3.16. The molecule has 138 valence electrons. The second kappa shape index (κ2) is 7.84. The van der Waals surface area contributed by atoms with Crippen molar-refractivity contribution in [2.24, 2.45) is 0 Å². The summed E-state index contributed by atoms with van der Waals surface area (Å²) in [4.78, 5) is 16.0. The molecular weight excluding hydrogens is 356 g/mol. The third kappa shape index (κ3) is 4.14. The lowest BCUT2D eigenvalue weighted by molar-refractivity contribution is 0.0178. The summed E-state index contributed by atoms with van der Waals surface area (Å²) in [7, 11) is 0. The van der Waals surface area contributed by atoms with Crippen molar-refractivity contribution in [2.75, 3.05) is 18.4 Å². The van der Waals surface area contributed by atoms with Gasteiger partial charge in [0.1, 0.15) is 11.9 Å². The summed E-state index contributed by atoms with van der Waals surface area (Å²) in [6, 6.07) is 19.8. The Hall–Kier alpha value is -2.79. The van der Waals surface area contributed by atoms with Gasteiger partial charge in [-0.25, -0.2) is 0 Å². The van der Waals surface area contributed by atoms with Gasteiger partial charge < -0.3 is 15.0 Å². The summed E-state index contributed by atoms with van der Waals surface area (Å²) in [6.45, 7) is 4.00. The van der Waals surface area contributed by atoms with Crippen molar-refractivity contribution >= 4 is 22.9 Å². The molecule has 1 aromatic heterocycles. The summed E-state index contributed by atoms with van der Waals surface area (Å²) < 4.78 is 5.97. The zero-order valence-corrected chi connectivity index (χ0v) is 16.0. The SMILES string of the molecule is Cc1cccc(OC2CN(C(=O)c3ccccc3NCc3cccs3)C2)c1. The van der Waals surface area contributed by atoms with Crippen LogP contribution < -0.4 is 10.1 Å². The highest BCUT2D eigenvalue weighted by Gasteiger charge is 2.33. The van der Waals surface area contributed by atoms with Crippen LogP contribution >= 0.6 is 11.3 Å². The Morgan fingerprint density at radius 2 is 2.00 bits per heavy atom. The van der Waals surface area contributed by atoms with Crippen LogP contribution in [-0.2, 0) is 6.54 Å². The van der Waals surface area contributed by atoms with Gasteiger partial charge in [0.15, 0.2) is 0 Å². The molecule has 2 aromatic carbocycles. The Morgan fingerprint density at radius 1 is 1.15 bits per heavy atom. The van der Waals surface area contributed by atoms with Crippen molar-refractivity contribution in [3.05, 3.63) is 82.0 Å². The zero-order chi connectivity index (χ0) is 18.6. The minimum atomic E-state index is 0.0494. The predicted molar refractivity (Wildman–Crippen MR) is 110 cm³/mol. The van der Waals surface area contributed by atoms with E-state index >= 15 is 0 Å². The Kier molecular flexibility index (Phi) is 5.12. The van der Waals surface area contributed by atoms with Gasteiger partial charge in [0.05, 0.1) is 18.7 Å². The minimum absolute atomic E-state index is 0.0494. The average molecular weight is 378 g/mol. The number of carbonyl (C=O) groups excluding carboxylic acids is 1. The molecule has 27 heavy (non-hydrogen) atoms. The van der Waals surface area contributed by atoms with Gasteiger partial charge in [0.25, 0.3) is 5.91 Å². The van der Waals surface area contributed by atoms with Crippen molar-refractivity contribution in [2.45, 2.75) is 19.6 Å². The quantitative estimate of drug-likeness (QED) is 0.683. The Labute approximate surface area is 163 Å².